The largest absolute Gasteiger partial charge is 0.467 e. The lowest BCUT2D eigenvalue weighted by molar-refractivity contribution is -0.154. The van der Waals surface area contributed by atoms with Crippen molar-refractivity contribution in [1.82, 2.24) is 0 Å². The van der Waals surface area contributed by atoms with Gasteiger partial charge < -0.3 is 19.7 Å². The van der Waals surface area contributed by atoms with Gasteiger partial charge in [-0.2, -0.15) is 0 Å². The molecule has 5 heteroatoms. The van der Waals surface area contributed by atoms with Crippen molar-refractivity contribution in [1.29, 1.82) is 0 Å². The Morgan fingerprint density at radius 3 is 2.83 bits per heavy atom. The number of ether oxygens (including phenoxy) is 2. The van der Waals surface area contributed by atoms with Crippen molar-refractivity contribution in [2.45, 2.75) is 24.7 Å². The Morgan fingerprint density at radius 1 is 1.75 bits per heavy atom. The molecule has 1 saturated heterocycles. The minimum Gasteiger partial charge on any atom is -0.467 e. The number of rotatable bonds is 2. The van der Waals surface area contributed by atoms with E-state index in [1.807, 2.05) is 0 Å². The summed E-state index contributed by atoms with van der Waals surface area (Å²) in [5.74, 6) is -0.509. The Balaban J connectivity index is 2.48. The summed E-state index contributed by atoms with van der Waals surface area (Å²) in [5.41, 5.74) is 0. The maximum absolute atomic E-state index is 10.9. The van der Waals surface area contributed by atoms with Crippen LogP contribution in [-0.4, -0.2) is 48.2 Å². The Hall–Kier alpha value is -0.650. The van der Waals surface area contributed by atoms with Crippen LogP contribution in [0.4, 0.5) is 0 Å². The lowest BCUT2D eigenvalue weighted by Gasteiger charge is -2.09. The van der Waals surface area contributed by atoms with Crippen molar-refractivity contribution >= 4 is 5.97 Å². The summed E-state index contributed by atoms with van der Waals surface area (Å²) in [6.45, 7) is -0.283. The van der Waals surface area contributed by atoms with E-state index in [1.54, 1.807) is 0 Å². The van der Waals surface area contributed by atoms with Gasteiger partial charge in [0.15, 0.2) is 6.10 Å². The fraction of sp³-hybridized carbons (Fsp3) is 0.857. The van der Waals surface area contributed by atoms with Gasteiger partial charge in [-0.3, -0.25) is 0 Å². The number of methoxy groups -OCH3 is 1. The average molecular weight is 176 g/mol. The number of hydrogen-bond donors (Lipinski definition) is 2. The smallest absolute Gasteiger partial charge is 0.335 e. The Labute approximate surface area is 69.9 Å². The highest BCUT2D eigenvalue weighted by molar-refractivity contribution is 5.74. The zero-order chi connectivity index (χ0) is 9.14. The molecule has 0 aromatic heterocycles. The molecule has 0 unspecified atom stereocenters. The molecule has 0 aromatic carbocycles. The first-order valence-electron chi connectivity index (χ1n) is 3.71. The van der Waals surface area contributed by atoms with Gasteiger partial charge >= 0.3 is 5.97 Å². The highest BCUT2D eigenvalue weighted by Gasteiger charge is 2.37. The van der Waals surface area contributed by atoms with Crippen molar-refractivity contribution in [3.05, 3.63) is 0 Å². The predicted octanol–water partition coefficient (Wildman–Crippen LogP) is -1.33. The maximum Gasteiger partial charge on any atom is 0.335 e. The molecular formula is C7H12O5. The van der Waals surface area contributed by atoms with Crippen molar-refractivity contribution < 1.29 is 24.5 Å². The molecule has 1 heterocycles. The summed E-state index contributed by atoms with van der Waals surface area (Å²) in [4.78, 5) is 10.9. The van der Waals surface area contributed by atoms with Crippen LogP contribution < -0.4 is 0 Å². The minimum absolute atomic E-state index is 0.192. The van der Waals surface area contributed by atoms with Crippen LogP contribution in [0.15, 0.2) is 0 Å². The molecule has 1 rings (SSSR count). The van der Waals surface area contributed by atoms with E-state index in [1.165, 1.54) is 7.11 Å². The molecule has 1 aliphatic rings. The number of aliphatic hydroxyl groups excluding tert-OH is 2. The second kappa shape index (κ2) is 3.84. The molecule has 70 valence electrons. The van der Waals surface area contributed by atoms with Crippen LogP contribution in [0.5, 0.6) is 0 Å². The molecule has 0 aliphatic carbocycles. The van der Waals surface area contributed by atoms with Gasteiger partial charge in [-0.25, -0.2) is 4.79 Å². The molecule has 0 spiro atoms. The highest BCUT2D eigenvalue weighted by atomic mass is 16.6. The van der Waals surface area contributed by atoms with Gasteiger partial charge in [0.1, 0.15) is 6.10 Å². The van der Waals surface area contributed by atoms with Crippen molar-refractivity contribution in [2.75, 3.05) is 13.7 Å². The second-order valence-electron chi connectivity index (χ2n) is 2.67. The second-order valence-corrected chi connectivity index (χ2v) is 2.67. The van der Waals surface area contributed by atoms with E-state index in [0.717, 1.165) is 0 Å². The van der Waals surface area contributed by atoms with Crippen LogP contribution in [-0.2, 0) is 14.3 Å². The predicted molar refractivity (Wildman–Crippen MR) is 38.4 cm³/mol. The third-order valence-electron chi connectivity index (χ3n) is 1.87. The fourth-order valence-corrected chi connectivity index (χ4v) is 1.18. The fourth-order valence-electron chi connectivity index (χ4n) is 1.18. The molecule has 5 nitrogen and oxygen atoms in total. The number of esters is 1. The standard InChI is InChI=1S/C7H12O5/c1-11-7(10)5-2-4(9)6(3-8)12-5/h4-6,8-9H,2-3H2,1H3/t4-,5-,6-/m1/s1. The van der Waals surface area contributed by atoms with Gasteiger partial charge in [-0.05, 0) is 0 Å². The van der Waals surface area contributed by atoms with E-state index in [9.17, 15) is 9.90 Å². The molecule has 0 bridgehead atoms. The summed E-state index contributed by atoms with van der Waals surface area (Å²) in [6, 6.07) is 0. The van der Waals surface area contributed by atoms with Crippen LogP contribution in [0.3, 0.4) is 0 Å². The molecule has 2 N–H and O–H groups in total. The molecule has 0 saturated carbocycles. The van der Waals surface area contributed by atoms with Gasteiger partial charge in [0, 0.05) is 6.42 Å². The van der Waals surface area contributed by atoms with Gasteiger partial charge in [0.2, 0.25) is 0 Å². The number of hydrogen-bond acceptors (Lipinski definition) is 5. The van der Waals surface area contributed by atoms with Crippen LogP contribution >= 0.6 is 0 Å². The summed E-state index contributed by atoms with van der Waals surface area (Å²) in [6.07, 6.45) is -1.98. The molecule has 0 aromatic rings. The van der Waals surface area contributed by atoms with E-state index in [0.29, 0.717) is 0 Å². The van der Waals surface area contributed by atoms with E-state index < -0.39 is 24.3 Å². The molecule has 1 fully saturated rings. The monoisotopic (exact) mass is 176 g/mol. The highest BCUT2D eigenvalue weighted by Crippen LogP contribution is 2.20. The normalized spacial score (nSPS) is 35.1. The van der Waals surface area contributed by atoms with Crippen molar-refractivity contribution in [3.63, 3.8) is 0 Å². The van der Waals surface area contributed by atoms with Crippen LogP contribution in [0, 0.1) is 0 Å². The summed E-state index contributed by atoms with van der Waals surface area (Å²) in [5, 5.41) is 17.9. The first kappa shape index (κ1) is 9.44. The Kier molecular flexibility index (Phi) is 3.02. The SMILES string of the molecule is COC(=O)[C@H]1C[C@@H](O)[C@@H](CO)O1. The molecule has 12 heavy (non-hydrogen) atoms. The molecular weight excluding hydrogens is 164 g/mol. The van der Waals surface area contributed by atoms with Crippen LogP contribution in [0.1, 0.15) is 6.42 Å². The van der Waals surface area contributed by atoms with E-state index >= 15 is 0 Å². The van der Waals surface area contributed by atoms with Gasteiger partial charge in [-0.1, -0.05) is 0 Å². The Morgan fingerprint density at radius 2 is 2.42 bits per heavy atom. The van der Waals surface area contributed by atoms with Crippen molar-refractivity contribution in [2.24, 2.45) is 0 Å². The summed E-state index contributed by atoms with van der Waals surface area (Å²) >= 11 is 0. The quantitative estimate of drug-likeness (QED) is 0.510. The zero-order valence-corrected chi connectivity index (χ0v) is 6.77. The van der Waals surface area contributed by atoms with Gasteiger partial charge in [-0.15, -0.1) is 0 Å². The Bertz CT molecular complexity index is 169. The average Bonchev–Trinajstić information content (AvgIpc) is 2.45. The van der Waals surface area contributed by atoms with E-state index in [4.69, 9.17) is 9.84 Å². The third-order valence-corrected chi connectivity index (χ3v) is 1.87. The topological polar surface area (TPSA) is 76.0 Å². The first-order valence-corrected chi connectivity index (χ1v) is 3.71. The zero-order valence-electron chi connectivity index (χ0n) is 6.77. The van der Waals surface area contributed by atoms with Gasteiger partial charge in [0.05, 0.1) is 19.8 Å². The molecule has 0 radical (unpaired) electrons. The first-order chi connectivity index (χ1) is 5.69. The van der Waals surface area contributed by atoms with E-state index in [-0.39, 0.29) is 13.0 Å². The minimum atomic E-state index is -0.779. The number of aliphatic hydroxyl groups is 2. The van der Waals surface area contributed by atoms with Crippen molar-refractivity contribution in [3.8, 4) is 0 Å². The maximum atomic E-state index is 10.9. The summed E-state index contributed by atoms with van der Waals surface area (Å²) in [7, 11) is 1.25. The number of carbonyl (C=O) groups excluding carboxylic acids is 1. The lowest BCUT2D eigenvalue weighted by atomic mass is 10.1. The number of carbonyl (C=O) groups is 1. The summed E-state index contributed by atoms with van der Waals surface area (Å²) < 4.78 is 9.42. The van der Waals surface area contributed by atoms with Crippen LogP contribution in [0.2, 0.25) is 0 Å². The lowest BCUT2D eigenvalue weighted by Crippen LogP contribution is -2.25. The molecule has 3 atom stereocenters. The molecule has 1 aliphatic heterocycles. The van der Waals surface area contributed by atoms with Crippen LogP contribution in [0.25, 0.3) is 0 Å². The molecule has 0 amide bonds. The van der Waals surface area contributed by atoms with E-state index in [2.05, 4.69) is 4.74 Å². The van der Waals surface area contributed by atoms with Gasteiger partial charge in [0.25, 0.3) is 0 Å². The third kappa shape index (κ3) is 1.74.